The first-order valence-corrected chi connectivity index (χ1v) is 4.92. The fourth-order valence-corrected chi connectivity index (χ4v) is 1.38. The highest BCUT2D eigenvalue weighted by Gasteiger charge is 2.09. The number of carbonyl (C=O) groups is 1. The average molecular weight is 211 g/mol. The number of imidazole rings is 1. The molecule has 5 nitrogen and oxygen atoms in total. The number of nitrogens with zero attached hydrogens (tertiary/aromatic N) is 2. The van der Waals surface area contributed by atoms with Gasteiger partial charge < -0.3 is 14.6 Å². The zero-order chi connectivity index (χ0) is 11.3. The largest absolute Gasteiger partial charge is 0.469 e. The Morgan fingerprint density at radius 1 is 1.73 bits per heavy atom. The molecule has 0 radical (unpaired) electrons. The van der Waals surface area contributed by atoms with E-state index in [9.17, 15) is 4.79 Å². The lowest BCUT2D eigenvalue weighted by atomic mass is 10.3. The van der Waals surface area contributed by atoms with Crippen LogP contribution in [0.1, 0.15) is 25.2 Å². The van der Waals surface area contributed by atoms with Crippen molar-refractivity contribution in [3.05, 3.63) is 18.2 Å². The van der Waals surface area contributed by atoms with Gasteiger partial charge in [-0.1, -0.05) is 0 Å². The van der Waals surface area contributed by atoms with Crippen LogP contribution in [-0.4, -0.2) is 29.2 Å². The van der Waals surface area contributed by atoms with E-state index in [1.165, 1.54) is 7.11 Å². The van der Waals surface area contributed by atoms with Gasteiger partial charge in [-0.3, -0.25) is 4.79 Å². The van der Waals surface area contributed by atoms with Crippen LogP contribution in [0.3, 0.4) is 0 Å². The molecule has 1 aromatic heterocycles. The number of hydrogen-bond acceptors (Lipinski definition) is 4. The van der Waals surface area contributed by atoms with Crippen LogP contribution in [0, 0.1) is 0 Å². The molecule has 1 atom stereocenters. The van der Waals surface area contributed by atoms with E-state index in [2.05, 4.69) is 15.0 Å². The van der Waals surface area contributed by atoms with Crippen LogP contribution in [0.5, 0.6) is 0 Å². The molecule has 0 spiro atoms. The van der Waals surface area contributed by atoms with E-state index in [4.69, 9.17) is 0 Å². The van der Waals surface area contributed by atoms with Crippen molar-refractivity contribution in [1.29, 1.82) is 0 Å². The minimum absolute atomic E-state index is 0.134. The normalized spacial score (nSPS) is 12.5. The molecule has 0 aromatic carbocycles. The summed E-state index contributed by atoms with van der Waals surface area (Å²) in [6.45, 7) is 2.61. The van der Waals surface area contributed by atoms with Crippen molar-refractivity contribution < 1.29 is 9.53 Å². The van der Waals surface area contributed by atoms with Crippen LogP contribution in [0.2, 0.25) is 0 Å². The molecule has 1 rings (SSSR count). The summed E-state index contributed by atoms with van der Waals surface area (Å²) in [5.41, 5.74) is 0. The highest BCUT2D eigenvalue weighted by atomic mass is 16.5. The molecule has 1 N–H and O–H groups in total. The summed E-state index contributed by atoms with van der Waals surface area (Å²) in [6, 6.07) is 0.134. The first-order chi connectivity index (χ1) is 7.15. The number of rotatable bonds is 5. The number of aromatic nitrogens is 2. The lowest BCUT2D eigenvalue weighted by Crippen LogP contribution is -2.24. The third kappa shape index (κ3) is 3.36. The number of hydrogen-bond donors (Lipinski definition) is 1. The second-order valence-electron chi connectivity index (χ2n) is 3.40. The van der Waals surface area contributed by atoms with Gasteiger partial charge in [0, 0.05) is 26.0 Å². The molecule has 0 aliphatic rings. The zero-order valence-corrected chi connectivity index (χ0v) is 9.36. The third-order valence-electron chi connectivity index (χ3n) is 2.25. The first-order valence-electron chi connectivity index (χ1n) is 4.92. The van der Waals surface area contributed by atoms with Crippen molar-refractivity contribution >= 4 is 5.97 Å². The second kappa shape index (κ2) is 5.50. The maximum atomic E-state index is 10.9. The smallest absolute Gasteiger partial charge is 0.306 e. The summed E-state index contributed by atoms with van der Waals surface area (Å²) in [6.07, 6.45) is 4.03. The lowest BCUT2D eigenvalue weighted by molar-refractivity contribution is -0.140. The molecule has 1 aromatic rings. The SMILES string of the molecule is COC(=O)CCNC(C)c1nccn1C. The van der Waals surface area contributed by atoms with Gasteiger partial charge in [0.2, 0.25) is 0 Å². The molecule has 0 fully saturated rings. The summed E-state index contributed by atoms with van der Waals surface area (Å²) < 4.78 is 6.50. The van der Waals surface area contributed by atoms with E-state index in [-0.39, 0.29) is 12.0 Å². The summed E-state index contributed by atoms with van der Waals surface area (Å²) in [4.78, 5) is 15.1. The highest BCUT2D eigenvalue weighted by Crippen LogP contribution is 2.07. The first kappa shape index (κ1) is 11.7. The topological polar surface area (TPSA) is 56.1 Å². The van der Waals surface area contributed by atoms with Gasteiger partial charge in [-0.25, -0.2) is 4.98 Å². The Morgan fingerprint density at radius 3 is 3.00 bits per heavy atom. The molecule has 0 saturated carbocycles. The Labute approximate surface area is 89.4 Å². The number of nitrogens with one attached hydrogen (secondary N) is 1. The fraction of sp³-hybridized carbons (Fsp3) is 0.600. The Morgan fingerprint density at radius 2 is 2.47 bits per heavy atom. The van der Waals surface area contributed by atoms with Gasteiger partial charge in [-0.15, -0.1) is 0 Å². The van der Waals surface area contributed by atoms with Crippen molar-refractivity contribution in [1.82, 2.24) is 14.9 Å². The molecular weight excluding hydrogens is 194 g/mol. The Hall–Kier alpha value is -1.36. The molecule has 1 heterocycles. The van der Waals surface area contributed by atoms with Crippen LogP contribution in [0.4, 0.5) is 0 Å². The molecule has 15 heavy (non-hydrogen) atoms. The highest BCUT2D eigenvalue weighted by molar-refractivity contribution is 5.69. The number of carbonyl (C=O) groups excluding carboxylic acids is 1. The number of esters is 1. The van der Waals surface area contributed by atoms with E-state index in [1.807, 2.05) is 24.7 Å². The van der Waals surface area contributed by atoms with Crippen molar-refractivity contribution in [3.8, 4) is 0 Å². The van der Waals surface area contributed by atoms with Crippen LogP contribution in [0.25, 0.3) is 0 Å². The van der Waals surface area contributed by atoms with E-state index in [0.29, 0.717) is 13.0 Å². The van der Waals surface area contributed by atoms with E-state index in [1.54, 1.807) is 6.20 Å². The maximum Gasteiger partial charge on any atom is 0.306 e. The van der Waals surface area contributed by atoms with Crippen LogP contribution >= 0.6 is 0 Å². The van der Waals surface area contributed by atoms with Gasteiger partial charge in [0.15, 0.2) is 0 Å². The fourth-order valence-electron chi connectivity index (χ4n) is 1.38. The van der Waals surface area contributed by atoms with E-state index in [0.717, 1.165) is 5.82 Å². The Kier molecular flexibility index (Phi) is 4.30. The molecule has 84 valence electrons. The summed E-state index contributed by atoms with van der Waals surface area (Å²) >= 11 is 0. The standard InChI is InChI=1S/C10H17N3O2/c1-8(10-12-6-7-13(10)2)11-5-4-9(14)15-3/h6-8,11H,4-5H2,1-3H3. The lowest BCUT2D eigenvalue weighted by Gasteiger charge is -2.12. The minimum Gasteiger partial charge on any atom is -0.469 e. The van der Waals surface area contributed by atoms with Gasteiger partial charge in [-0.05, 0) is 6.92 Å². The number of methoxy groups -OCH3 is 1. The van der Waals surface area contributed by atoms with Crippen molar-refractivity contribution in [2.24, 2.45) is 7.05 Å². The molecule has 0 saturated heterocycles. The monoisotopic (exact) mass is 211 g/mol. The summed E-state index contributed by atoms with van der Waals surface area (Å²) in [7, 11) is 3.34. The van der Waals surface area contributed by atoms with Gasteiger partial charge >= 0.3 is 5.97 Å². The predicted molar refractivity (Wildman–Crippen MR) is 56.3 cm³/mol. The molecule has 0 bridgehead atoms. The molecule has 0 aliphatic heterocycles. The average Bonchev–Trinajstić information content (AvgIpc) is 2.64. The minimum atomic E-state index is -0.199. The van der Waals surface area contributed by atoms with Gasteiger partial charge in [-0.2, -0.15) is 0 Å². The van der Waals surface area contributed by atoms with Gasteiger partial charge in [0.25, 0.3) is 0 Å². The third-order valence-corrected chi connectivity index (χ3v) is 2.25. The van der Waals surface area contributed by atoms with Crippen LogP contribution in [-0.2, 0) is 16.6 Å². The summed E-state index contributed by atoms with van der Waals surface area (Å²) in [5.74, 6) is 0.759. The van der Waals surface area contributed by atoms with E-state index < -0.39 is 0 Å². The number of ether oxygens (including phenoxy) is 1. The summed E-state index contributed by atoms with van der Waals surface area (Å²) in [5, 5.41) is 3.21. The van der Waals surface area contributed by atoms with Crippen molar-refractivity contribution in [3.63, 3.8) is 0 Å². The molecular formula is C10H17N3O2. The molecule has 5 heteroatoms. The van der Waals surface area contributed by atoms with Crippen LogP contribution in [0.15, 0.2) is 12.4 Å². The Bertz CT molecular complexity index is 322. The molecule has 0 aliphatic carbocycles. The van der Waals surface area contributed by atoms with Crippen molar-refractivity contribution in [2.75, 3.05) is 13.7 Å². The van der Waals surface area contributed by atoms with E-state index >= 15 is 0 Å². The molecule has 0 amide bonds. The van der Waals surface area contributed by atoms with Gasteiger partial charge in [0.1, 0.15) is 5.82 Å². The molecule has 1 unspecified atom stereocenters. The quantitative estimate of drug-likeness (QED) is 0.726. The second-order valence-corrected chi connectivity index (χ2v) is 3.40. The Balaban J connectivity index is 2.34. The number of aryl methyl sites for hydroxylation is 1. The van der Waals surface area contributed by atoms with Crippen molar-refractivity contribution in [2.45, 2.75) is 19.4 Å². The zero-order valence-electron chi connectivity index (χ0n) is 9.36. The maximum absolute atomic E-state index is 10.9. The van der Waals surface area contributed by atoms with Crippen LogP contribution < -0.4 is 5.32 Å². The predicted octanol–water partition coefficient (Wildman–Crippen LogP) is 0.634. The van der Waals surface area contributed by atoms with Gasteiger partial charge in [0.05, 0.1) is 19.6 Å².